The number of hydrogen-bond donors (Lipinski definition) is 1. The lowest BCUT2D eigenvalue weighted by Crippen LogP contribution is -2.23. The topological polar surface area (TPSA) is 93.5 Å². The third kappa shape index (κ3) is 5.09. The van der Waals surface area contributed by atoms with E-state index in [-0.39, 0.29) is 22.3 Å². The zero-order chi connectivity index (χ0) is 22.6. The summed E-state index contributed by atoms with van der Waals surface area (Å²) in [6.07, 6.45) is 1.78. The van der Waals surface area contributed by atoms with Crippen LogP contribution in [0.2, 0.25) is 0 Å². The van der Waals surface area contributed by atoms with Gasteiger partial charge in [-0.2, -0.15) is 0 Å². The molecule has 10 heteroatoms. The Morgan fingerprint density at radius 3 is 2.55 bits per heavy atom. The van der Waals surface area contributed by atoms with Crippen molar-refractivity contribution in [3.63, 3.8) is 0 Å². The number of thioether (sulfide) groups is 1. The van der Waals surface area contributed by atoms with E-state index >= 15 is 0 Å². The molecule has 0 saturated heterocycles. The zero-order valence-electron chi connectivity index (χ0n) is 17.7. The number of amides is 1. The molecule has 0 unspecified atom stereocenters. The summed E-state index contributed by atoms with van der Waals surface area (Å²) in [6.45, 7) is 0. The lowest BCUT2D eigenvalue weighted by molar-refractivity contribution is -0.113. The van der Waals surface area contributed by atoms with E-state index in [1.165, 1.54) is 45.1 Å². The second-order valence-corrected chi connectivity index (χ2v) is 9.90. The van der Waals surface area contributed by atoms with Gasteiger partial charge >= 0.3 is 0 Å². The summed E-state index contributed by atoms with van der Waals surface area (Å²) in [5.41, 5.74) is 2.37. The molecule has 0 fully saturated rings. The van der Waals surface area contributed by atoms with Crippen molar-refractivity contribution in [3.8, 4) is 17.0 Å². The van der Waals surface area contributed by atoms with E-state index in [0.29, 0.717) is 10.8 Å². The standard InChI is InChI=1S/C21H24N4O4S2/c1-24(2)31(27,28)19-12-16(10-11-18(19)29-4)23-20(26)14-30-21-22-13-17(25(21)3)15-8-6-5-7-9-15/h5-13H,14H2,1-4H3,(H,23,26). The summed E-state index contributed by atoms with van der Waals surface area (Å²) in [7, 11) is 2.45. The molecule has 0 spiro atoms. The molecule has 1 aromatic heterocycles. The minimum atomic E-state index is -3.72. The first-order chi connectivity index (χ1) is 14.7. The molecule has 0 saturated carbocycles. The molecule has 0 aliphatic heterocycles. The van der Waals surface area contributed by atoms with Gasteiger partial charge in [0, 0.05) is 26.8 Å². The number of methoxy groups -OCH3 is 1. The molecule has 0 aliphatic carbocycles. The molecule has 164 valence electrons. The SMILES string of the molecule is COc1ccc(NC(=O)CSc2ncc(-c3ccccc3)n2C)cc1S(=O)(=O)N(C)C. The van der Waals surface area contributed by atoms with Crippen LogP contribution in [0, 0.1) is 0 Å². The highest BCUT2D eigenvalue weighted by Gasteiger charge is 2.23. The third-order valence-corrected chi connectivity index (χ3v) is 7.43. The normalized spacial score (nSPS) is 11.5. The second-order valence-electron chi connectivity index (χ2n) is 6.84. The van der Waals surface area contributed by atoms with Gasteiger partial charge in [0.25, 0.3) is 0 Å². The van der Waals surface area contributed by atoms with Crippen LogP contribution in [-0.4, -0.2) is 55.1 Å². The van der Waals surface area contributed by atoms with E-state index in [1.807, 2.05) is 41.9 Å². The summed E-state index contributed by atoms with van der Waals surface area (Å²) in [4.78, 5) is 16.9. The van der Waals surface area contributed by atoms with Crippen molar-refractivity contribution in [2.45, 2.75) is 10.1 Å². The lowest BCUT2D eigenvalue weighted by atomic mass is 10.2. The number of carbonyl (C=O) groups is 1. The summed E-state index contributed by atoms with van der Waals surface area (Å²) < 4.78 is 33.3. The Hall–Kier alpha value is -2.82. The average molecular weight is 461 g/mol. The molecule has 3 aromatic rings. The number of ether oxygens (including phenoxy) is 1. The Labute approximate surface area is 186 Å². The van der Waals surface area contributed by atoms with Crippen molar-refractivity contribution >= 4 is 33.4 Å². The first-order valence-corrected chi connectivity index (χ1v) is 11.8. The van der Waals surface area contributed by atoms with Crippen molar-refractivity contribution in [2.75, 3.05) is 32.3 Å². The molecule has 0 radical (unpaired) electrons. The fourth-order valence-electron chi connectivity index (χ4n) is 2.88. The van der Waals surface area contributed by atoms with E-state index < -0.39 is 10.0 Å². The number of imidazole rings is 1. The first kappa shape index (κ1) is 22.9. The van der Waals surface area contributed by atoms with Crippen molar-refractivity contribution < 1.29 is 17.9 Å². The van der Waals surface area contributed by atoms with Crippen LogP contribution in [0.4, 0.5) is 5.69 Å². The second kappa shape index (κ2) is 9.54. The number of nitrogens with one attached hydrogen (secondary N) is 1. The molecule has 1 amide bonds. The fraction of sp³-hybridized carbons (Fsp3) is 0.238. The molecule has 0 atom stereocenters. The van der Waals surface area contributed by atoms with Crippen molar-refractivity contribution in [2.24, 2.45) is 7.05 Å². The maximum Gasteiger partial charge on any atom is 0.246 e. The number of hydrogen-bond acceptors (Lipinski definition) is 6. The molecule has 2 aromatic carbocycles. The number of benzene rings is 2. The Bertz CT molecular complexity index is 1180. The average Bonchev–Trinajstić information content (AvgIpc) is 3.13. The zero-order valence-corrected chi connectivity index (χ0v) is 19.3. The van der Waals surface area contributed by atoms with Crippen molar-refractivity contribution in [1.29, 1.82) is 0 Å². The van der Waals surface area contributed by atoms with Gasteiger partial charge in [-0.3, -0.25) is 4.79 Å². The van der Waals surface area contributed by atoms with Crippen LogP contribution in [0.3, 0.4) is 0 Å². The Morgan fingerprint density at radius 2 is 1.90 bits per heavy atom. The van der Waals surface area contributed by atoms with E-state index in [9.17, 15) is 13.2 Å². The van der Waals surface area contributed by atoms with Crippen LogP contribution < -0.4 is 10.1 Å². The van der Waals surface area contributed by atoms with Gasteiger partial charge in [0.1, 0.15) is 10.6 Å². The van der Waals surface area contributed by atoms with Crippen LogP contribution in [0.15, 0.2) is 64.8 Å². The van der Waals surface area contributed by atoms with E-state index in [1.54, 1.807) is 12.3 Å². The van der Waals surface area contributed by atoms with Crippen molar-refractivity contribution in [1.82, 2.24) is 13.9 Å². The Balaban J connectivity index is 1.70. The summed E-state index contributed by atoms with van der Waals surface area (Å²) in [5.74, 6) is 0.0658. The van der Waals surface area contributed by atoms with Crippen LogP contribution in [-0.2, 0) is 21.9 Å². The maximum atomic E-state index is 12.5. The smallest absolute Gasteiger partial charge is 0.246 e. The van der Waals surface area contributed by atoms with Crippen LogP contribution in [0.5, 0.6) is 5.75 Å². The third-order valence-electron chi connectivity index (χ3n) is 4.55. The van der Waals surface area contributed by atoms with Gasteiger partial charge in [-0.1, -0.05) is 42.1 Å². The molecular formula is C21H24N4O4S2. The van der Waals surface area contributed by atoms with E-state index in [2.05, 4.69) is 10.3 Å². The molecule has 3 rings (SSSR count). The summed E-state index contributed by atoms with van der Waals surface area (Å²) in [6, 6.07) is 14.4. The van der Waals surface area contributed by atoms with Gasteiger partial charge in [-0.15, -0.1) is 0 Å². The number of nitrogens with zero attached hydrogens (tertiary/aromatic N) is 3. The van der Waals surface area contributed by atoms with Gasteiger partial charge < -0.3 is 14.6 Å². The highest BCUT2D eigenvalue weighted by molar-refractivity contribution is 7.99. The maximum absolute atomic E-state index is 12.5. The van der Waals surface area contributed by atoms with Crippen molar-refractivity contribution in [3.05, 3.63) is 54.7 Å². The van der Waals surface area contributed by atoms with Gasteiger partial charge in [0.15, 0.2) is 5.16 Å². The molecule has 8 nitrogen and oxygen atoms in total. The summed E-state index contributed by atoms with van der Waals surface area (Å²) >= 11 is 1.30. The molecule has 1 heterocycles. The molecule has 31 heavy (non-hydrogen) atoms. The van der Waals surface area contributed by atoms with Gasteiger partial charge in [0.2, 0.25) is 15.9 Å². The number of anilines is 1. The Kier molecular flexibility index (Phi) is 7.04. The molecule has 0 aliphatic rings. The van der Waals surface area contributed by atoms with Gasteiger partial charge in [0.05, 0.1) is 24.8 Å². The molecule has 0 bridgehead atoms. The number of sulfonamides is 1. The fourth-order valence-corrected chi connectivity index (χ4v) is 4.71. The highest BCUT2D eigenvalue weighted by atomic mass is 32.2. The largest absolute Gasteiger partial charge is 0.495 e. The predicted octanol–water partition coefficient (Wildman–Crippen LogP) is 3.08. The number of carbonyl (C=O) groups excluding carboxylic acids is 1. The van der Waals surface area contributed by atoms with Gasteiger partial charge in [-0.05, 0) is 23.8 Å². The predicted molar refractivity (Wildman–Crippen MR) is 122 cm³/mol. The van der Waals surface area contributed by atoms with Crippen LogP contribution >= 0.6 is 11.8 Å². The minimum Gasteiger partial charge on any atom is -0.495 e. The molecular weight excluding hydrogens is 436 g/mol. The first-order valence-electron chi connectivity index (χ1n) is 9.34. The lowest BCUT2D eigenvalue weighted by Gasteiger charge is -2.16. The minimum absolute atomic E-state index is 0.0120. The molecule has 1 N–H and O–H groups in total. The van der Waals surface area contributed by atoms with E-state index in [4.69, 9.17) is 4.74 Å². The van der Waals surface area contributed by atoms with Crippen LogP contribution in [0.25, 0.3) is 11.3 Å². The number of aromatic nitrogens is 2. The van der Waals surface area contributed by atoms with Gasteiger partial charge in [-0.25, -0.2) is 17.7 Å². The monoisotopic (exact) mass is 460 g/mol. The Morgan fingerprint density at radius 1 is 1.19 bits per heavy atom. The number of rotatable bonds is 8. The highest BCUT2D eigenvalue weighted by Crippen LogP contribution is 2.29. The van der Waals surface area contributed by atoms with Crippen LogP contribution in [0.1, 0.15) is 0 Å². The van der Waals surface area contributed by atoms with E-state index in [0.717, 1.165) is 15.6 Å². The quantitative estimate of drug-likeness (QED) is 0.519. The summed E-state index contributed by atoms with van der Waals surface area (Å²) in [5, 5.41) is 3.45.